The van der Waals surface area contributed by atoms with Crippen LogP contribution in [0.4, 0.5) is 8.78 Å². The van der Waals surface area contributed by atoms with Gasteiger partial charge in [-0.3, -0.25) is 4.79 Å². The van der Waals surface area contributed by atoms with Gasteiger partial charge in [-0.2, -0.15) is 0 Å². The molecule has 0 bridgehead atoms. The number of rotatable bonds is 2. The molecule has 0 aliphatic carbocycles. The first kappa shape index (κ1) is 14.4. The summed E-state index contributed by atoms with van der Waals surface area (Å²) in [6.45, 7) is 3.37. The minimum atomic E-state index is -0.658. The zero-order chi connectivity index (χ0) is 14.0. The van der Waals surface area contributed by atoms with Gasteiger partial charge in [-0.15, -0.1) is 0 Å². The van der Waals surface area contributed by atoms with E-state index in [4.69, 9.17) is 0 Å². The molecule has 1 aromatic carbocycles. The molecule has 2 atom stereocenters. The molecule has 1 aliphatic heterocycles. The number of hydrogen-bond acceptors (Lipinski definition) is 1. The summed E-state index contributed by atoms with van der Waals surface area (Å²) in [7, 11) is 0. The van der Waals surface area contributed by atoms with Gasteiger partial charge in [0.05, 0.1) is 6.42 Å². The topological polar surface area (TPSA) is 20.3 Å². The van der Waals surface area contributed by atoms with Crippen molar-refractivity contribution in [3.8, 4) is 0 Å². The van der Waals surface area contributed by atoms with E-state index >= 15 is 0 Å². The number of hydrogen-bond donors (Lipinski definition) is 0. The maximum Gasteiger partial charge on any atom is 0.227 e. The molecule has 1 amide bonds. The van der Waals surface area contributed by atoms with Crippen molar-refractivity contribution in [1.82, 2.24) is 4.90 Å². The molecule has 2 unspecified atom stereocenters. The van der Waals surface area contributed by atoms with E-state index in [1.165, 1.54) is 18.2 Å². The number of alkyl halides is 1. The van der Waals surface area contributed by atoms with Crippen LogP contribution in [0.5, 0.6) is 0 Å². The summed E-state index contributed by atoms with van der Waals surface area (Å²) in [4.78, 5) is 14.0. The van der Waals surface area contributed by atoms with Gasteiger partial charge in [-0.25, -0.2) is 8.78 Å². The smallest absolute Gasteiger partial charge is 0.227 e. The SMILES string of the molecule is CC1CCN(C(=O)Cc2c(F)cccc2F)CC1Br. The highest BCUT2D eigenvalue weighted by Crippen LogP contribution is 2.24. The van der Waals surface area contributed by atoms with Gasteiger partial charge in [0, 0.05) is 23.5 Å². The molecular formula is C14H16BrF2NO. The molecule has 104 valence electrons. The summed E-state index contributed by atoms with van der Waals surface area (Å²) in [5.74, 6) is -1.03. The van der Waals surface area contributed by atoms with Gasteiger partial charge < -0.3 is 4.90 Å². The summed E-state index contributed by atoms with van der Waals surface area (Å²) in [6, 6.07) is 3.66. The Labute approximate surface area is 119 Å². The van der Waals surface area contributed by atoms with Crippen LogP contribution in [0.2, 0.25) is 0 Å². The summed E-state index contributed by atoms with van der Waals surface area (Å²) in [6.07, 6.45) is 0.689. The largest absolute Gasteiger partial charge is 0.341 e. The minimum absolute atomic E-state index is 0.141. The van der Waals surface area contributed by atoms with Crippen LogP contribution >= 0.6 is 15.9 Å². The molecule has 1 saturated heterocycles. The molecule has 1 fully saturated rings. The Balaban J connectivity index is 2.05. The molecule has 0 spiro atoms. The van der Waals surface area contributed by atoms with Crippen molar-refractivity contribution in [3.05, 3.63) is 35.4 Å². The van der Waals surface area contributed by atoms with Crippen LogP contribution in [0.3, 0.4) is 0 Å². The molecule has 2 nitrogen and oxygen atoms in total. The first-order valence-corrected chi connectivity index (χ1v) is 7.25. The molecule has 2 rings (SSSR count). The molecule has 0 radical (unpaired) electrons. The van der Waals surface area contributed by atoms with E-state index in [1.807, 2.05) is 0 Å². The number of amides is 1. The van der Waals surface area contributed by atoms with Gasteiger partial charge in [0.15, 0.2) is 0 Å². The van der Waals surface area contributed by atoms with Gasteiger partial charge >= 0.3 is 0 Å². The van der Waals surface area contributed by atoms with Crippen molar-refractivity contribution >= 4 is 21.8 Å². The van der Waals surface area contributed by atoms with E-state index in [9.17, 15) is 13.6 Å². The molecule has 0 N–H and O–H groups in total. The normalized spacial score (nSPS) is 23.5. The van der Waals surface area contributed by atoms with E-state index in [0.717, 1.165) is 6.42 Å². The second-order valence-electron chi connectivity index (χ2n) is 5.00. The third kappa shape index (κ3) is 3.32. The highest BCUT2D eigenvalue weighted by Gasteiger charge is 2.27. The summed E-state index contributed by atoms with van der Waals surface area (Å²) < 4.78 is 27.0. The summed E-state index contributed by atoms with van der Waals surface area (Å²) >= 11 is 3.53. The van der Waals surface area contributed by atoms with Crippen LogP contribution in [0.25, 0.3) is 0 Å². The predicted molar refractivity (Wildman–Crippen MR) is 73.1 cm³/mol. The number of likely N-dealkylation sites (tertiary alicyclic amines) is 1. The van der Waals surface area contributed by atoms with Crippen LogP contribution in [0.15, 0.2) is 18.2 Å². The fourth-order valence-electron chi connectivity index (χ4n) is 2.21. The lowest BCUT2D eigenvalue weighted by Gasteiger charge is -2.34. The lowest BCUT2D eigenvalue weighted by molar-refractivity contribution is -0.131. The van der Waals surface area contributed by atoms with Gasteiger partial charge in [0.1, 0.15) is 11.6 Å². The van der Waals surface area contributed by atoms with Crippen molar-refractivity contribution in [2.45, 2.75) is 24.6 Å². The zero-order valence-electron chi connectivity index (χ0n) is 10.7. The average molecular weight is 332 g/mol. The lowest BCUT2D eigenvalue weighted by Crippen LogP contribution is -2.44. The van der Waals surface area contributed by atoms with Crippen molar-refractivity contribution in [1.29, 1.82) is 0 Å². The molecular weight excluding hydrogens is 316 g/mol. The Hall–Kier alpha value is -0.970. The van der Waals surface area contributed by atoms with E-state index in [-0.39, 0.29) is 22.7 Å². The number of piperidine rings is 1. The molecule has 1 aromatic rings. The van der Waals surface area contributed by atoms with Gasteiger partial charge in [0.25, 0.3) is 0 Å². The fourth-order valence-corrected chi connectivity index (χ4v) is 2.83. The molecule has 1 heterocycles. The number of carbonyl (C=O) groups is 1. The van der Waals surface area contributed by atoms with Crippen LogP contribution in [0.1, 0.15) is 18.9 Å². The van der Waals surface area contributed by atoms with E-state index in [1.54, 1.807) is 4.90 Å². The molecule has 0 aromatic heterocycles. The van der Waals surface area contributed by atoms with Crippen molar-refractivity contribution < 1.29 is 13.6 Å². The average Bonchev–Trinajstić information content (AvgIpc) is 2.37. The summed E-state index contributed by atoms with van der Waals surface area (Å²) in [5.41, 5.74) is -0.141. The lowest BCUT2D eigenvalue weighted by atomic mass is 9.98. The second kappa shape index (κ2) is 5.99. The van der Waals surface area contributed by atoms with Gasteiger partial charge in [-0.1, -0.05) is 28.9 Å². The molecule has 19 heavy (non-hydrogen) atoms. The maximum absolute atomic E-state index is 13.5. The van der Waals surface area contributed by atoms with E-state index in [0.29, 0.717) is 19.0 Å². The van der Waals surface area contributed by atoms with Crippen molar-refractivity contribution in [2.75, 3.05) is 13.1 Å². The van der Waals surface area contributed by atoms with Crippen LogP contribution < -0.4 is 0 Å². The Morgan fingerprint density at radius 1 is 1.42 bits per heavy atom. The van der Waals surface area contributed by atoms with E-state index in [2.05, 4.69) is 22.9 Å². The number of benzene rings is 1. The molecule has 5 heteroatoms. The van der Waals surface area contributed by atoms with Crippen LogP contribution in [-0.4, -0.2) is 28.7 Å². The number of halogens is 3. The van der Waals surface area contributed by atoms with Crippen molar-refractivity contribution in [3.63, 3.8) is 0 Å². The zero-order valence-corrected chi connectivity index (χ0v) is 12.3. The third-order valence-corrected chi connectivity index (χ3v) is 4.80. The second-order valence-corrected chi connectivity index (χ2v) is 6.17. The predicted octanol–water partition coefficient (Wildman–Crippen LogP) is 3.14. The minimum Gasteiger partial charge on any atom is -0.341 e. The Bertz CT molecular complexity index is 460. The fraction of sp³-hybridized carbons (Fsp3) is 0.500. The Morgan fingerprint density at radius 3 is 2.63 bits per heavy atom. The third-order valence-electron chi connectivity index (χ3n) is 3.61. The van der Waals surface area contributed by atoms with Crippen LogP contribution in [-0.2, 0) is 11.2 Å². The maximum atomic E-state index is 13.5. The highest BCUT2D eigenvalue weighted by molar-refractivity contribution is 9.09. The molecule has 1 aliphatic rings. The quantitative estimate of drug-likeness (QED) is 0.762. The Morgan fingerprint density at radius 2 is 2.05 bits per heavy atom. The first-order valence-electron chi connectivity index (χ1n) is 6.33. The van der Waals surface area contributed by atoms with Crippen LogP contribution in [0, 0.1) is 17.6 Å². The monoisotopic (exact) mass is 331 g/mol. The first-order chi connectivity index (χ1) is 8.99. The van der Waals surface area contributed by atoms with Gasteiger partial charge in [0.2, 0.25) is 5.91 Å². The van der Waals surface area contributed by atoms with Crippen molar-refractivity contribution in [2.24, 2.45) is 5.92 Å². The van der Waals surface area contributed by atoms with Gasteiger partial charge in [-0.05, 0) is 24.5 Å². The molecule has 0 saturated carbocycles. The summed E-state index contributed by atoms with van der Waals surface area (Å²) in [5, 5.41) is 0. The number of carbonyl (C=O) groups excluding carboxylic acids is 1. The standard InChI is InChI=1S/C14H16BrF2NO/c1-9-5-6-18(8-11(9)15)14(19)7-10-12(16)3-2-4-13(10)17/h2-4,9,11H,5-8H2,1H3. The highest BCUT2D eigenvalue weighted by atomic mass is 79.9. The number of nitrogens with zero attached hydrogens (tertiary/aromatic N) is 1. The van der Waals surface area contributed by atoms with E-state index < -0.39 is 11.6 Å². The Kier molecular flexibility index (Phi) is 4.55.